The van der Waals surface area contributed by atoms with Gasteiger partial charge in [-0.25, -0.2) is 0 Å². The summed E-state index contributed by atoms with van der Waals surface area (Å²) < 4.78 is 42.9. The van der Waals surface area contributed by atoms with Gasteiger partial charge in [0.15, 0.2) is 0 Å². The van der Waals surface area contributed by atoms with E-state index in [-0.39, 0.29) is 10.4 Å². The lowest BCUT2D eigenvalue weighted by atomic mass is 9.88. The van der Waals surface area contributed by atoms with Crippen LogP contribution in [0.5, 0.6) is 0 Å². The van der Waals surface area contributed by atoms with Crippen LogP contribution in [-0.2, 0) is 10.9 Å². The smallest absolute Gasteiger partial charge is 0.384 e. The predicted octanol–water partition coefficient (Wildman–Crippen LogP) is 3.81. The van der Waals surface area contributed by atoms with E-state index in [1.165, 1.54) is 6.07 Å². The van der Waals surface area contributed by atoms with Crippen LogP contribution in [0.3, 0.4) is 0 Å². The summed E-state index contributed by atoms with van der Waals surface area (Å²) >= 11 is 5.69. The molecule has 1 fully saturated rings. The molecule has 0 bridgehead atoms. The molecular weight excluding hydrogens is 267 g/mol. The molecule has 0 amide bonds. The van der Waals surface area contributed by atoms with E-state index >= 15 is 0 Å². The minimum Gasteiger partial charge on any atom is -0.384 e. The van der Waals surface area contributed by atoms with Crippen LogP contribution in [0.4, 0.5) is 18.9 Å². The van der Waals surface area contributed by atoms with E-state index in [1.807, 2.05) is 6.92 Å². The number of alkyl halides is 3. The molecule has 6 heteroatoms. The second kappa shape index (κ2) is 4.63. The monoisotopic (exact) mass is 279 g/mol. The average molecular weight is 280 g/mol. The normalized spacial score (nSPS) is 18.3. The van der Waals surface area contributed by atoms with Gasteiger partial charge in [-0.2, -0.15) is 13.2 Å². The van der Waals surface area contributed by atoms with Gasteiger partial charge in [0, 0.05) is 22.7 Å². The Morgan fingerprint density at radius 2 is 2.00 bits per heavy atom. The summed E-state index contributed by atoms with van der Waals surface area (Å²) in [6, 6.07) is 3.47. The molecular formula is C12H13ClF3NO. The van der Waals surface area contributed by atoms with Crippen LogP contribution < -0.4 is 5.32 Å². The molecule has 1 heterocycles. The highest BCUT2D eigenvalue weighted by Gasteiger charge is 2.34. The molecule has 1 aliphatic heterocycles. The first-order chi connectivity index (χ1) is 8.28. The van der Waals surface area contributed by atoms with E-state index in [4.69, 9.17) is 16.3 Å². The van der Waals surface area contributed by atoms with E-state index in [9.17, 15) is 13.2 Å². The number of ether oxygens (including phenoxy) is 1. The molecule has 0 saturated carbocycles. The topological polar surface area (TPSA) is 21.3 Å². The fourth-order valence-electron chi connectivity index (χ4n) is 1.72. The van der Waals surface area contributed by atoms with E-state index < -0.39 is 11.7 Å². The number of rotatable bonds is 3. The average Bonchev–Trinajstić information content (AvgIpc) is 2.22. The lowest BCUT2D eigenvalue weighted by Gasteiger charge is -2.38. The number of benzene rings is 1. The van der Waals surface area contributed by atoms with Crippen LogP contribution in [0.1, 0.15) is 12.5 Å². The molecule has 0 spiro atoms. The molecule has 1 aromatic carbocycles. The fourth-order valence-corrected chi connectivity index (χ4v) is 1.96. The Morgan fingerprint density at radius 3 is 2.50 bits per heavy atom. The van der Waals surface area contributed by atoms with Crippen molar-refractivity contribution < 1.29 is 17.9 Å². The SMILES string of the molecule is CC1(CNc2cc(Cl)cc(C(F)(F)F)c2)COC1. The van der Waals surface area contributed by atoms with Crippen LogP contribution in [-0.4, -0.2) is 19.8 Å². The number of anilines is 1. The van der Waals surface area contributed by atoms with Crippen molar-refractivity contribution in [3.63, 3.8) is 0 Å². The highest BCUT2D eigenvalue weighted by molar-refractivity contribution is 6.30. The van der Waals surface area contributed by atoms with Crippen molar-refractivity contribution in [2.24, 2.45) is 5.41 Å². The summed E-state index contributed by atoms with van der Waals surface area (Å²) in [7, 11) is 0. The second-order valence-corrected chi connectivity index (χ2v) is 5.32. The van der Waals surface area contributed by atoms with Crippen LogP contribution in [0.2, 0.25) is 5.02 Å². The Kier molecular flexibility index (Phi) is 3.47. The van der Waals surface area contributed by atoms with E-state index in [2.05, 4.69) is 5.32 Å². The molecule has 0 radical (unpaired) electrons. The van der Waals surface area contributed by atoms with Crippen molar-refractivity contribution in [3.05, 3.63) is 28.8 Å². The van der Waals surface area contributed by atoms with Crippen molar-refractivity contribution >= 4 is 17.3 Å². The zero-order valence-corrected chi connectivity index (χ0v) is 10.5. The van der Waals surface area contributed by atoms with Crippen molar-refractivity contribution in [2.75, 3.05) is 25.1 Å². The molecule has 100 valence electrons. The third kappa shape index (κ3) is 3.09. The van der Waals surface area contributed by atoms with Gasteiger partial charge in [-0.1, -0.05) is 18.5 Å². The van der Waals surface area contributed by atoms with Gasteiger partial charge in [0.25, 0.3) is 0 Å². The van der Waals surface area contributed by atoms with Crippen LogP contribution in [0, 0.1) is 5.41 Å². The summed E-state index contributed by atoms with van der Waals surface area (Å²) in [4.78, 5) is 0. The minimum absolute atomic E-state index is 0.0132. The van der Waals surface area contributed by atoms with Crippen molar-refractivity contribution in [3.8, 4) is 0 Å². The highest BCUT2D eigenvalue weighted by Crippen LogP contribution is 2.34. The lowest BCUT2D eigenvalue weighted by molar-refractivity contribution is -0.137. The van der Waals surface area contributed by atoms with Crippen LogP contribution in [0.15, 0.2) is 18.2 Å². The Bertz CT molecular complexity index is 443. The van der Waals surface area contributed by atoms with E-state index in [0.717, 1.165) is 12.1 Å². The number of hydrogen-bond acceptors (Lipinski definition) is 2. The fraction of sp³-hybridized carbons (Fsp3) is 0.500. The molecule has 0 aromatic heterocycles. The summed E-state index contributed by atoms with van der Waals surface area (Å²) in [5, 5.41) is 3.05. The van der Waals surface area contributed by atoms with Crippen LogP contribution in [0.25, 0.3) is 0 Å². The van der Waals surface area contributed by atoms with Gasteiger partial charge < -0.3 is 10.1 Å². The largest absolute Gasteiger partial charge is 0.416 e. The Morgan fingerprint density at radius 1 is 1.33 bits per heavy atom. The van der Waals surface area contributed by atoms with Gasteiger partial charge in [0.2, 0.25) is 0 Å². The lowest BCUT2D eigenvalue weighted by Crippen LogP contribution is -2.45. The second-order valence-electron chi connectivity index (χ2n) is 4.88. The van der Waals surface area contributed by atoms with Crippen LogP contribution >= 0.6 is 11.6 Å². The Balaban J connectivity index is 2.10. The first kappa shape index (κ1) is 13.5. The van der Waals surface area contributed by atoms with Crippen molar-refractivity contribution in [2.45, 2.75) is 13.1 Å². The molecule has 1 saturated heterocycles. The molecule has 1 N–H and O–H groups in total. The summed E-state index contributed by atoms with van der Waals surface area (Å²) in [6.45, 7) is 3.81. The molecule has 0 aliphatic carbocycles. The Labute approximate surface area is 108 Å². The molecule has 1 aliphatic rings. The van der Waals surface area contributed by atoms with E-state index in [0.29, 0.717) is 25.4 Å². The standard InChI is InChI=1S/C12H13ClF3NO/c1-11(6-18-7-11)5-17-10-3-8(12(14,15)16)2-9(13)4-10/h2-4,17H,5-7H2,1H3. The molecule has 0 unspecified atom stereocenters. The van der Waals surface area contributed by atoms with Gasteiger partial charge >= 0.3 is 6.18 Å². The zero-order valence-electron chi connectivity index (χ0n) is 9.77. The molecule has 2 nitrogen and oxygen atoms in total. The molecule has 18 heavy (non-hydrogen) atoms. The first-order valence-corrected chi connectivity index (χ1v) is 5.86. The quantitative estimate of drug-likeness (QED) is 0.908. The van der Waals surface area contributed by atoms with Gasteiger partial charge in [0.05, 0.1) is 18.8 Å². The zero-order chi connectivity index (χ0) is 13.4. The first-order valence-electron chi connectivity index (χ1n) is 5.48. The maximum absolute atomic E-state index is 12.6. The molecule has 0 atom stereocenters. The maximum atomic E-state index is 12.6. The van der Waals surface area contributed by atoms with Gasteiger partial charge in [-0.05, 0) is 18.2 Å². The third-order valence-corrected chi connectivity index (χ3v) is 3.06. The van der Waals surface area contributed by atoms with Crippen molar-refractivity contribution in [1.29, 1.82) is 0 Å². The summed E-state index contributed by atoms with van der Waals surface area (Å²) in [5.41, 5.74) is -0.378. The summed E-state index contributed by atoms with van der Waals surface area (Å²) in [5.74, 6) is 0. The maximum Gasteiger partial charge on any atom is 0.416 e. The van der Waals surface area contributed by atoms with Gasteiger partial charge in [-0.15, -0.1) is 0 Å². The summed E-state index contributed by atoms with van der Waals surface area (Å²) in [6.07, 6.45) is -4.38. The number of halogens is 4. The highest BCUT2D eigenvalue weighted by atomic mass is 35.5. The Hall–Kier alpha value is -0.940. The predicted molar refractivity (Wildman–Crippen MR) is 63.9 cm³/mol. The minimum atomic E-state index is -4.38. The van der Waals surface area contributed by atoms with Gasteiger partial charge in [0.1, 0.15) is 0 Å². The number of nitrogens with one attached hydrogen (secondary N) is 1. The van der Waals surface area contributed by atoms with Crippen molar-refractivity contribution in [1.82, 2.24) is 0 Å². The third-order valence-electron chi connectivity index (χ3n) is 2.85. The molecule has 1 aromatic rings. The number of hydrogen-bond donors (Lipinski definition) is 1. The molecule has 2 rings (SSSR count). The van der Waals surface area contributed by atoms with Gasteiger partial charge in [-0.3, -0.25) is 0 Å². The van der Waals surface area contributed by atoms with E-state index in [1.54, 1.807) is 0 Å².